The molecule has 8 heteroatoms. The minimum atomic E-state index is -0.822. The molecule has 0 aliphatic carbocycles. The predicted octanol–water partition coefficient (Wildman–Crippen LogP) is 6.64. The number of nitrogens with one attached hydrogen (secondary N) is 2. The van der Waals surface area contributed by atoms with E-state index in [0.717, 1.165) is 36.8 Å². The number of thioether (sulfide) groups is 1. The summed E-state index contributed by atoms with van der Waals surface area (Å²) in [7, 11) is 0. The van der Waals surface area contributed by atoms with Gasteiger partial charge in [-0.3, -0.25) is 9.59 Å². The van der Waals surface area contributed by atoms with E-state index in [1.807, 2.05) is 51.3 Å². The first-order valence-corrected chi connectivity index (χ1v) is 15.8. The highest BCUT2D eigenvalue weighted by Gasteiger charge is 2.39. The molecule has 1 aromatic rings. The van der Waals surface area contributed by atoms with Crippen LogP contribution in [0.2, 0.25) is 0 Å². The van der Waals surface area contributed by atoms with Gasteiger partial charge in [0.15, 0.2) is 0 Å². The van der Waals surface area contributed by atoms with Gasteiger partial charge < -0.3 is 20.3 Å². The van der Waals surface area contributed by atoms with Crippen molar-refractivity contribution in [2.45, 2.75) is 124 Å². The van der Waals surface area contributed by atoms with Gasteiger partial charge in [-0.15, -0.1) is 0 Å². The summed E-state index contributed by atoms with van der Waals surface area (Å²) in [4.78, 5) is 42.8. The summed E-state index contributed by atoms with van der Waals surface area (Å²) >= 11 is 1.61. The zero-order chi connectivity index (χ0) is 29.8. The van der Waals surface area contributed by atoms with Crippen molar-refractivity contribution in [3.63, 3.8) is 0 Å². The number of benzene rings is 1. The van der Waals surface area contributed by atoms with E-state index in [1.54, 1.807) is 37.4 Å². The van der Waals surface area contributed by atoms with Crippen LogP contribution in [0, 0.1) is 12.8 Å². The van der Waals surface area contributed by atoms with E-state index in [0.29, 0.717) is 18.1 Å². The van der Waals surface area contributed by atoms with E-state index in [1.165, 1.54) is 0 Å². The topological polar surface area (TPSA) is 87.7 Å². The fourth-order valence-electron chi connectivity index (χ4n) is 4.45. The average molecular weight is 564 g/mol. The van der Waals surface area contributed by atoms with Crippen LogP contribution in [0.15, 0.2) is 24.3 Å². The van der Waals surface area contributed by atoms with Crippen LogP contribution in [-0.4, -0.2) is 58.5 Å². The maximum Gasteiger partial charge on any atom is 0.408 e. The Morgan fingerprint density at radius 3 is 2.08 bits per heavy atom. The molecule has 4 unspecified atom stereocenters. The summed E-state index contributed by atoms with van der Waals surface area (Å²) in [5.74, 6) is 0.656. The summed E-state index contributed by atoms with van der Waals surface area (Å²) in [6.07, 6.45) is 5.21. The number of alkyl carbamates (subject to hydrolysis) is 1. The van der Waals surface area contributed by atoms with E-state index < -0.39 is 23.8 Å². The molecule has 3 amide bonds. The molecule has 0 saturated carbocycles. The van der Waals surface area contributed by atoms with Crippen LogP contribution in [0.4, 0.5) is 4.79 Å². The fraction of sp³-hybridized carbons (Fsp3) is 0.710. The van der Waals surface area contributed by atoms with Crippen LogP contribution in [0.25, 0.3) is 0 Å². The number of nitrogens with zero attached hydrogens (tertiary/aromatic N) is 1. The smallest absolute Gasteiger partial charge is 0.408 e. The molecular weight excluding hydrogens is 510 g/mol. The maximum atomic E-state index is 14.4. The van der Waals surface area contributed by atoms with Crippen molar-refractivity contribution in [1.29, 1.82) is 0 Å². The van der Waals surface area contributed by atoms with Gasteiger partial charge in [-0.25, -0.2) is 4.79 Å². The molecule has 1 rings (SSSR count). The van der Waals surface area contributed by atoms with Crippen molar-refractivity contribution in [2.24, 2.45) is 5.92 Å². The molecule has 0 spiro atoms. The number of amides is 3. The Balaban J connectivity index is 3.59. The predicted molar refractivity (Wildman–Crippen MR) is 163 cm³/mol. The number of aryl methyl sites for hydroxylation is 1. The number of carbonyl (C=O) groups is 3. The summed E-state index contributed by atoms with van der Waals surface area (Å²) < 4.78 is 5.50. The molecule has 2 N–H and O–H groups in total. The molecule has 0 saturated heterocycles. The average Bonchev–Trinajstić information content (AvgIpc) is 2.82. The Morgan fingerprint density at radius 2 is 1.56 bits per heavy atom. The number of ether oxygens (including phenoxy) is 1. The highest BCUT2D eigenvalue weighted by molar-refractivity contribution is 7.98. The minimum absolute atomic E-state index is 0.0226. The van der Waals surface area contributed by atoms with Crippen LogP contribution in [-0.2, 0) is 14.3 Å². The van der Waals surface area contributed by atoms with Gasteiger partial charge in [-0.05, 0) is 90.7 Å². The monoisotopic (exact) mass is 563 g/mol. The quantitative estimate of drug-likeness (QED) is 0.250. The van der Waals surface area contributed by atoms with Crippen LogP contribution in [0.1, 0.15) is 105 Å². The van der Waals surface area contributed by atoms with Gasteiger partial charge in [0.25, 0.3) is 0 Å². The van der Waals surface area contributed by atoms with Gasteiger partial charge in [0.2, 0.25) is 11.8 Å². The number of hydrogen-bond donors (Lipinski definition) is 2. The van der Waals surface area contributed by atoms with E-state index in [-0.39, 0.29) is 23.9 Å². The molecule has 1 aromatic carbocycles. The molecule has 0 heterocycles. The SMILES string of the molecule is CCCC(C)NC(=O)C(c1ccc(C)cc1)N(C(=O)C(CCSC)NC(=O)OC(C)(C)C)C(C)CCC(C)C. The fourth-order valence-corrected chi connectivity index (χ4v) is 4.92. The van der Waals surface area contributed by atoms with Crippen LogP contribution >= 0.6 is 11.8 Å². The molecule has 0 aromatic heterocycles. The van der Waals surface area contributed by atoms with Gasteiger partial charge in [-0.1, -0.05) is 57.0 Å². The number of hydrogen-bond acceptors (Lipinski definition) is 5. The van der Waals surface area contributed by atoms with E-state index in [2.05, 4.69) is 31.4 Å². The Hall–Kier alpha value is -2.22. The molecule has 4 atom stereocenters. The normalized spacial score (nSPS) is 14.7. The van der Waals surface area contributed by atoms with Gasteiger partial charge in [0, 0.05) is 12.1 Å². The Bertz CT molecular complexity index is 898. The number of rotatable bonds is 15. The third kappa shape index (κ3) is 12.7. The number of carbonyl (C=O) groups excluding carboxylic acids is 3. The van der Waals surface area contributed by atoms with E-state index in [4.69, 9.17) is 4.74 Å². The summed E-state index contributed by atoms with van der Waals surface area (Å²) in [5, 5.41) is 5.98. The lowest BCUT2D eigenvalue weighted by atomic mass is 9.96. The molecule has 0 aliphatic heterocycles. The zero-order valence-corrected chi connectivity index (χ0v) is 26.7. The summed E-state index contributed by atoms with van der Waals surface area (Å²) in [6, 6.07) is 5.91. The first-order chi connectivity index (χ1) is 18.2. The van der Waals surface area contributed by atoms with Gasteiger partial charge in [-0.2, -0.15) is 11.8 Å². The Morgan fingerprint density at radius 1 is 0.949 bits per heavy atom. The standard InChI is InChI=1S/C31H53N3O4S/c1-11-12-23(5)32-28(35)27(25-17-14-22(4)15-18-25)34(24(6)16-13-21(2)3)29(36)26(19-20-39-10)33-30(37)38-31(7,8)9/h14-15,17-18,21,23-24,26-27H,11-13,16,19-20H2,1-10H3,(H,32,35)(H,33,37). The van der Waals surface area contributed by atoms with Crippen molar-refractivity contribution >= 4 is 29.7 Å². The highest BCUT2D eigenvalue weighted by atomic mass is 32.2. The summed E-state index contributed by atoms with van der Waals surface area (Å²) in [6.45, 7) is 17.8. The van der Waals surface area contributed by atoms with Gasteiger partial charge in [0.05, 0.1) is 0 Å². The second-order valence-electron chi connectivity index (χ2n) is 12.1. The Kier molecular flexibility index (Phi) is 15.0. The van der Waals surface area contributed by atoms with E-state index >= 15 is 0 Å². The maximum absolute atomic E-state index is 14.4. The van der Waals surface area contributed by atoms with Crippen molar-refractivity contribution in [3.8, 4) is 0 Å². The minimum Gasteiger partial charge on any atom is -0.444 e. The van der Waals surface area contributed by atoms with Crippen LogP contribution in [0.5, 0.6) is 0 Å². The van der Waals surface area contributed by atoms with Crippen molar-refractivity contribution in [1.82, 2.24) is 15.5 Å². The molecule has 222 valence electrons. The first-order valence-electron chi connectivity index (χ1n) is 14.4. The summed E-state index contributed by atoms with van der Waals surface area (Å²) in [5.41, 5.74) is 1.14. The molecule has 0 bridgehead atoms. The second kappa shape index (κ2) is 16.8. The largest absolute Gasteiger partial charge is 0.444 e. The molecular formula is C31H53N3O4S. The molecule has 7 nitrogen and oxygen atoms in total. The van der Waals surface area contributed by atoms with Crippen molar-refractivity contribution in [3.05, 3.63) is 35.4 Å². The highest BCUT2D eigenvalue weighted by Crippen LogP contribution is 2.28. The van der Waals surface area contributed by atoms with Crippen molar-refractivity contribution < 1.29 is 19.1 Å². The third-order valence-electron chi connectivity index (χ3n) is 6.52. The second-order valence-corrected chi connectivity index (χ2v) is 13.0. The van der Waals surface area contributed by atoms with Crippen LogP contribution in [0.3, 0.4) is 0 Å². The van der Waals surface area contributed by atoms with E-state index in [9.17, 15) is 14.4 Å². The van der Waals surface area contributed by atoms with Crippen molar-refractivity contribution in [2.75, 3.05) is 12.0 Å². The lowest BCUT2D eigenvalue weighted by Gasteiger charge is -2.39. The third-order valence-corrected chi connectivity index (χ3v) is 7.16. The zero-order valence-electron chi connectivity index (χ0n) is 25.9. The van der Waals surface area contributed by atoms with Crippen LogP contribution < -0.4 is 10.6 Å². The lowest BCUT2D eigenvalue weighted by Crippen LogP contribution is -2.56. The molecule has 39 heavy (non-hydrogen) atoms. The Labute approximate surface area is 241 Å². The first kappa shape index (κ1) is 34.8. The molecule has 0 fully saturated rings. The van der Waals surface area contributed by atoms with Gasteiger partial charge >= 0.3 is 6.09 Å². The lowest BCUT2D eigenvalue weighted by molar-refractivity contribution is -0.145. The molecule has 0 aliphatic rings. The molecule has 0 radical (unpaired) electrons. The van der Waals surface area contributed by atoms with Gasteiger partial charge in [0.1, 0.15) is 17.7 Å².